The Morgan fingerprint density at radius 2 is 1.91 bits per heavy atom. The third-order valence-corrected chi connectivity index (χ3v) is 4.65. The van der Waals surface area contributed by atoms with Crippen molar-refractivity contribution in [1.82, 2.24) is 19.4 Å². The minimum atomic E-state index is -0.529. The summed E-state index contributed by atoms with van der Waals surface area (Å²) >= 11 is 0. The Morgan fingerprint density at radius 3 is 2.52 bits per heavy atom. The molecular formula is C17H22F2N4. The molecule has 6 heteroatoms. The minimum absolute atomic E-state index is 0.0501. The fourth-order valence-electron chi connectivity index (χ4n) is 3.09. The molecule has 0 radical (unpaired) electrons. The fourth-order valence-corrected chi connectivity index (χ4v) is 3.09. The van der Waals surface area contributed by atoms with Gasteiger partial charge in [0.15, 0.2) is 0 Å². The molecule has 2 heterocycles. The summed E-state index contributed by atoms with van der Waals surface area (Å²) in [5, 5.41) is 0. The molecule has 1 aromatic carbocycles. The zero-order valence-electron chi connectivity index (χ0n) is 13.5. The second-order valence-electron chi connectivity index (χ2n) is 6.11. The van der Waals surface area contributed by atoms with E-state index in [1.807, 2.05) is 30.9 Å². The number of halogens is 2. The molecular weight excluding hydrogens is 298 g/mol. The Hall–Kier alpha value is -1.79. The van der Waals surface area contributed by atoms with Crippen molar-refractivity contribution in [2.45, 2.75) is 19.5 Å². The number of piperazine rings is 1. The molecule has 1 aromatic heterocycles. The van der Waals surface area contributed by atoms with Gasteiger partial charge in [-0.3, -0.25) is 9.80 Å². The number of benzene rings is 1. The number of aryl methyl sites for hydroxylation is 1. The van der Waals surface area contributed by atoms with Gasteiger partial charge in [0, 0.05) is 63.3 Å². The quantitative estimate of drug-likeness (QED) is 0.865. The Balaban J connectivity index is 1.59. The largest absolute Gasteiger partial charge is 0.337 e. The van der Waals surface area contributed by atoms with Crippen LogP contribution in [0.1, 0.15) is 24.4 Å². The summed E-state index contributed by atoms with van der Waals surface area (Å²) in [5.41, 5.74) is 0.559. The molecule has 1 unspecified atom stereocenters. The van der Waals surface area contributed by atoms with Gasteiger partial charge in [-0.05, 0) is 13.0 Å². The number of hydrogen-bond acceptors (Lipinski definition) is 3. The highest BCUT2D eigenvalue weighted by atomic mass is 19.1. The number of aromatic nitrogens is 2. The summed E-state index contributed by atoms with van der Waals surface area (Å²) in [6.07, 6.45) is 3.76. The van der Waals surface area contributed by atoms with Crippen molar-refractivity contribution in [2.75, 3.05) is 26.2 Å². The highest BCUT2D eigenvalue weighted by Crippen LogP contribution is 2.24. The van der Waals surface area contributed by atoms with E-state index >= 15 is 0 Å². The van der Waals surface area contributed by atoms with Gasteiger partial charge in [-0.1, -0.05) is 6.07 Å². The van der Waals surface area contributed by atoms with Gasteiger partial charge in [-0.2, -0.15) is 0 Å². The predicted octanol–water partition coefficient (Wildman–Crippen LogP) is 2.58. The molecule has 0 N–H and O–H groups in total. The smallest absolute Gasteiger partial charge is 0.130 e. The van der Waals surface area contributed by atoms with Gasteiger partial charge in [0.05, 0.1) is 6.54 Å². The van der Waals surface area contributed by atoms with Gasteiger partial charge in [0.1, 0.15) is 17.5 Å². The molecule has 4 nitrogen and oxygen atoms in total. The van der Waals surface area contributed by atoms with Crippen LogP contribution in [0.4, 0.5) is 8.78 Å². The van der Waals surface area contributed by atoms with E-state index in [-0.39, 0.29) is 6.04 Å². The highest BCUT2D eigenvalue weighted by Gasteiger charge is 2.24. The second-order valence-corrected chi connectivity index (χ2v) is 6.11. The Labute approximate surface area is 135 Å². The van der Waals surface area contributed by atoms with Crippen LogP contribution in [0, 0.1) is 11.6 Å². The Morgan fingerprint density at radius 1 is 1.17 bits per heavy atom. The molecule has 1 aliphatic rings. The predicted molar refractivity (Wildman–Crippen MR) is 84.8 cm³/mol. The first-order valence-corrected chi connectivity index (χ1v) is 7.92. The molecule has 23 heavy (non-hydrogen) atoms. The zero-order chi connectivity index (χ0) is 16.4. The van der Waals surface area contributed by atoms with Crippen molar-refractivity contribution in [3.8, 4) is 0 Å². The number of nitrogens with zero attached hydrogens (tertiary/aromatic N) is 4. The summed E-state index contributed by atoms with van der Waals surface area (Å²) in [6, 6.07) is 3.79. The molecule has 1 atom stereocenters. The van der Waals surface area contributed by atoms with Crippen LogP contribution in [0.15, 0.2) is 30.6 Å². The maximum absolute atomic E-state index is 13.9. The first-order chi connectivity index (χ1) is 11.0. The maximum atomic E-state index is 13.9. The topological polar surface area (TPSA) is 24.3 Å². The third-order valence-electron chi connectivity index (χ3n) is 4.65. The van der Waals surface area contributed by atoms with Crippen LogP contribution in [0.5, 0.6) is 0 Å². The lowest BCUT2D eigenvalue weighted by atomic mass is 10.1. The molecule has 0 amide bonds. The van der Waals surface area contributed by atoms with E-state index in [9.17, 15) is 8.78 Å². The van der Waals surface area contributed by atoms with E-state index in [4.69, 9.17) is 0 Å². The SMILES string of the molecule is CC(c1ccc(F)cc1F)N1CCN(Cc2nccn2C)CC1. The van der Waals surface area contributed by atoms with Gasteiger partial charge in [-0.25, -0.2) is 13.8 Å². The van der Waals surface area contributed by atoms with Gasteiger partial charge in [-0.15, -0.1) is 0 Å². The van der Waals surface area contributed by atoms with E-state index in [1.54, 1.807) is 6.07 Å². The van der Waals surface area contributed by atoms with Gasteiger partial charge >= 0.3 is 0 Å². The van der Waals surface area contributed by atoms with Crippen LogP contribution in [-0.2, 0) is 13.6 Å². The van der Waals surface area contributed by atoms with Crippen LogP contribution in [-0.4, -0.2) is 45.5 Å². The van der Waals surface area contributed by atoms with Crippen LogP contribution in [0.25, 0.3) is 0 Å². The van der Waals surface area contributed by atoms with Crippen molar-refractivity contribution in [2.24, 2.45) is 7.05 Å². The van der Waals surface area contributed by atoms with Gasteiger partial charge in [0.2, 0.25) is 0 Å². The van der Waals surface area contributed by atoms with E-state index < -0.39 is 11.6 Å². The number of hydrogen-bond donors (Lipinski definition) is 0. The van der Waals surface area contributed by atoms with Crippen LogP contribution >= 0.6 is 0 Å². The normalized spacial score (nSPS) is 18.3. The first kappa shape index (κ1) is 16.1. The molecule has 0 spiro atoms. The summed E-state index contributed by atoms with van der Waals surface area (Å²) in [4.78, 5) is 8.95. The maximum Gasteiger partial charge on any atom is 0.130 e. The van der Waals surface area contributed by atoms with Gasteiger partial charge < -0.3 is 4.57 Å². The standard InChI is InChI=1S/C17H22F2N4/c1-13(15-4-3-14(18)11-16(15)19)23-9-7-22(8-10-23)12-17-20-5-6-21(17)2/h3-6,11,13H,7-10,12H2,1-2H3. The second kappa shape index (κ2) is 6.76. The lowest BCUT2D eigenvalue weighted by molar-refractivity contribution is 0.0943. The number of rotatable bonds is 4. The summed E-state index contributed by atoms with van der Waals surface area (Å²) < 4.78 is 29.0. The average molecular weight is 320 g/mol. The van der Waals surface area contributed by atoms with Crippen LogP contribution in [0.3, 0.4) is 0 Å². The first-order valence-electron chi connectivity index (χ1n) is 7.92. The average Bonchev–Trinajstić information content (AvgIpc) is 2.93. The molecule has 1 fully saturated rings. The monoisotopic (exact) mass is 320 g/mol. The third kappa shape index (κ3) is 3.59. The van der Waals surface area contributed by atoms with E-state index in [1.165, 1.54) is 6.07 Å². The van der Waals surface area contributed by atoms with E-state index in [0.717, 1.165) is 44.6 Å². The highest BCUT2D eigenvalue weighted by molar-refractivity contribution is 5.22. The molecule has 124 valence electrons. The van der Waals surface area contributed by atoms with Crippen molar-refractivity contribution in [1.29, 1.82) is 0 Å². The Bertz CT molecular complexity index is 662. The van der Waals surface area contributed by atoms with Gasteiger partial charge in [0.25, 0.3) is 0 Å². The van der Waals surface area contributed by atoms with Crippen LogP contribution in [0.2, 0.25) is 0 Å². The molecule has 0 saturated carbocycles. The molecule has 0 bridgehead atoms. The van der Waals surface area contributed by atoms with E-state index in [0.29, 0.717) is 5.56 Å². The molecule has 1 aliphatic heterocycles. The van der Waals surface area contributed by atoms with Crippen molar-refractivity contribution in [3.05, 3.63) is 53.6 Å². The lowest BCUT2D eigenvalue weighted by Crippen LogP contribution is -2.47. The van der Waals surface area contributed by atoms with Crippen LogP contribution < -0.4 is 0 Å². The zero-order valence-corrected chi connectivity index (χ0v) is 13.5. The van der Waals surface area contributed by atoms with Crippen molar-refractivity contribution < 1.29 is 8.78 Å². The summed E-state index contributed by atoms with van der Waals surface area (Å²) in [7, 11) is 2.00. The minimum Gasteiger partial charge on any atom is -0.337 e. The van der Waals surface area contributed by atoms with E-state index in [2.05, 4.69) is 14.8 Å². The molecule has 0 aliphatic carbocycles. The summed E-state index contributed by atoms with van der Waals surface area (Å²) in [5.74, 6) is 0.0577. The summed E-state index contributed by atoms with van der Waals surface area (Å²) in [6.45, 7) is 6.37. The molecule has 2 aromatic rings. The molecule has 1 saturated heterocycles. The fraction of sp³-hybridized carbons (Fsp3) is 0.471. The van der Waals surface area contributed by atoms with Crippen molar-refractivity contribution in [3.63, 3.8) is 0 Å². The Kier molecular flexibility index (Phi) is 4.73. The molecule has 3 rings (SSSR count). The number of imidazole rings is 1. The lowest BCUT2D eigenvalue weighted by Gasteiger charge is -2.38. The van der Waals surface area contributed by atoms with Crippen molar-refractivity contribution >= 4 is 0 Å².